The molecule has 1 saturated heterocycles. The van der Waals surface area contributed by atoms with Crippen molar-refractivity contribution < 1.29 is 14.3 Å². The number of benzene rings is 2. The number of fused-ring (bicyclic) bond motifs is 2. The standard InChI is InChI=1S/C24H26N2O3S/c1-24(2)14-16-8-7-11-19(22(16)29-24)28-15-21(27)26-13-6-5-10-18(26)23-25-17-9-3-4-12-20(17)30-23/h3-4,7-9,11-12,18H,5-6,10,13-15H2,1-2H3/t18-/m1/s1. The Morgan fingerprint density at radius 1 is 1.23 bits per heavy atom. The second-order valence-electron chi connectivity index (χ2n) is 8.69. The third-order valence-corrected chi connectivity index (χ3v) is 6.96. The summed E-state index contributed by atoms with van der Waals surface area (Å²) in [7, 11) is 0. The summed E-state index contributed by atoms with van der Waals surface area (Å²) in [5.74, 6) is 1.44. The van der Waals surface area contributed by atoms with E-state index in [1.54, 1.807) is 11.3 Å². The van der Waals surface area contributed by atoms with Crippen molar-refractivity contribution in [3.63, 3.8) is 0 Å². The normalized spacial score (nSPS) is 20.1. The maximum atomic E-state index is 13.1. The number of thiazole rings is 1. The molecule has 3 heterocycles. The van der Waals surface area contributed by atoms with Gasteiger partial charge in [-0.15, -0.1) is 11.3 Å². The summed E-state index contributed by atoms with van der Waals surface area (Å²) in [4.78, 5) is 19.9. The van der Waals surface area contributed by atoms with Crippen LogP contribution in [0.4, 0.5) is 0 Å². The van der Waals surface area contributed by atoms with Crippen LogP contribution in [-0.4, -0.2) is 34.5 Å². The lowest BCUT2D eigenvalue weighted by Crippen LogP contribution is -2.41. The minimum atomic E-state index is -0.239. The Balaban J connectivity index is 1.32. The van der Waals surface area contributed by atoms with Crippen LogP contribution in [0.25, 0.3) is 10.2 Å². The van der Waals surface area contributed by atoms with E-state index in [2.05, 4.69) is 26.0 Å². The predicted octanol–water partition coefficient (Wildman–Crippen LogP) is 5.14. The summed E-state index contributed by atoms with van der Waals surface area (Å²) in [5, 5.41) is 1.02. The van der Waals surface area contributed by atoms with E-state index in [1.165, 1.54) is 4.70 Å². The number of carbonyl (C=O) groups is 1. The third kappa shape index (κ3) is 3.65. The van der Waals surface area contributed by atoms with E-state index < -0.39 is 0 Å². The predicted molar refractivity (Wildman–Crippen MR) is 118 cm³/mol. The highest BCUT2D eigenvalue weighted by Gasteiger charge is 2.33. The molecule has 0 bridgehead atoms. The molecule has 1 atom stereocenters. The molecule has 5 rings (SSSR count). The molecule has 156 valence electrons. The number of amides is 1. The number of nitrogens with zero attached hydrogens (tertiary/aromatic N) is 2. The fraction of sp³-hybridized carbons (Fsp3) is 0.417. The first-order chi connectivity index (χ1) is 14.5. The van der Waals surface area contributed by atoms with Gasteiger partial charge in [0, 0.05) is 18.5 Å². The summed E-state index contributed by atoms with van der Waals surface area (Å²) >= 11 is 1.69. The largest absolute Gasteiger partial charge is 0.483 e. The number of para-hydroxylation sites is 2. The van der Waals surface area contributed by atoms with Crippen LogP contribution in [0.2, 0.25) is 0 Å². The molecule has 0 N–H and O–H groups in total. The van der Waals surface area contributed by atoms with Gasteiger partial charge in [0.2, 0.25) is 0 Å². The summed E-state index contributed by atoms with van der Waals surface area (Å²) in [6.45, 7) is 4.90. The van der Waals surface area contributed by atoms with Gasteiger partial charge in [-0.05, 0) is 51.3 Å². The average Bonchev–Trinajstić information content (AvgIpc) is 3.31. The van der Waals surface area contributed by atoms with E-state index in [0.29, 0.717) is 5.75 Å². The highest BCUT2D eigenvalue weighted by molar-refractivity contribution is 7.18. The average molecular weight is 423 g/mol. The number of aromatic nitrogens is 1. The number of rotatable bonds is 4. The maximum absolute atomic E-state index is 13.1. The molecule has 2 aliphatic rings. The molecule has 2 aliphatic heterocycles. The minimum absolute atomic E-state index is 0.00816. The lowest BCUT2D eigenvalue weighted by molar-refractivity contribution is -0.137. The van der Waals surface area contributed by atoms with Gasteiger partial charge in [-0.3, -0.25) is 4.79 Å². The summed E-state index contributed by atoms with van der Waals surface area (Å²) < 4.78 is 13.2. The van der Waals surface area contributed by atoms with Gasteiger partial charge >= 0.3 is 0 Å². The molecule has 3 aromatic rings. The van der Waals surface area contributed by atoms with Crippen LogP contribution in [0, 0.1) is 0 Å². The van der Waals surface area contributed by atoms with Crippen LogP contribution < -0.4 is 9.47 Å². The molecule has 2 aromatic carbocycles. The van der Waals surface area contributed by atoms with Crippen LogP contribution >= 0.6 is 11.3 Å². The third-order valence-electron chi connectivity index (χ3n) is 5.82. The van der Waals surface area contributed by atoms with Crippen LogP contribution in [0.15, 0.2) is 42.5 Å². The molecule has 0 radical (unpaired) electrons. The summed E-state index contributed by atoms with van der Waals surface area (Å²) in [5.41, 5.74) is 1.90. The molecule has 30 heavy (non-hydrogen) atoms. The Morgan fingerprint density at radius 3 is 2.97 bits per heavy atom. The van der Waals surface area contributed by atoms with Crippen molar-refractivity contribution in [3.8, 4) is 11.5 Å². The number of ether oxygens (including phenoxy) is 2. The van der Waals surface area contributed by atoms with Gasteiger partial charge in [-0.2, -0.15) is 0 Å². The van der Waals surface area contributed by atoms with Gasteiger partial charge in [0.15, 0.2) is 18.1 Å². The van der Waals surface area contributed by atoms with E-state index in [9.17, 15) is 4.79 Å². The first-order valence-corrected chi connectivity index (χ1v) is 11.4. The van der Waals surface area contributed by atoms with Gasteiger partial charge in [0.1, 0.15) is 10.6 Å². The van der Waals surface area contributed by atoms with E-state index in [1.807, 2.05) is 35.2 Å². The maximum Gasteiger partial charge on any atom is 0.261 e. The fourth-order valence-corrected chi connectivity index (χ4v) is 5.56. The second-order valence-corrected chi connectivity index (χ2v) is 9.75. The zero-order chi connectivity index (χ0) is 20.7. The van der Waals surface area contributed by atoms with Gasteiger partial charge in [0.25, 0.3) is 5.91 Å². The zero-order valence-electron chi connectivity index (χ0n) is 17.4. The van der Waals surface area contributed by atoms with Crippen molar-refractivity contribution >= 4 is 27.5 Å². The van der Waals surface area contributed by atoms with Crippen molar-refractivity contribution in [1.29, 1.82) is 0 Å². The Morgan fingerprint density at radius 2 is 2.10 bits per heavy atom. The highest BCUT2D eigenvalue weighted by atomic mass is 32.1. The molecule has 6 heteroatoms. The Labute approximate surface area is 180 Å². The minimum Gasteiger partial charge on any atom is -0.483 e. The Bertz CT molecular complexity index is 1060. The fourth-order valence-electron chi connectivity index (χ4n) is 4.44. The molecule has 0 unspecified atom stereocenters. The second kappa shape index (κ2) is 7.58. The van der Waals surface area contributed by atoms with Crippen LogP contribution in [0.1, 0.15) is 49.7 Å². The van der Waals surface area contributed by atoms with Crippen molar-refractivity contribution in [2.45, 2.75) is 51.2 Å². The number of hydrogen-bond donors (Lipinski definition) is 0. The first kappa shape index (κ1) is 19.4. The monoisotopic (exact) mass is 422 g/mol. The van der Waals surface area contributed by atoms with Crippen LogP contribution in [-0.2, 0) is 11.2 Å². The van der Waals surface area contributed by atoms with E-state index in [4.69, 9.17) is 14.5 Å². The number of carbonyl (C=O) groups excluding carboxylic acids is 1. The van der Waals surface area contributed by atoms with E-state index in [-0.39, 0.29) is 24.2 Å². The van der Waals surface area contributed by atoms with Gasteiger partial charge in [0.05, 0.1) is 16.3 Å². The van der Waals surface area contributed by atoms with E-state index >= 15 is 0 Å². The summed E-state index contributed by atoms with van der Waals surface area (Å²) in [6, 6.07) is 14.1. The van der Waals surface area contributed by atoms with Gasteiger partial charge in [-0.25, -0.2) is 4.98 Å². The molecule has 5 nitrogen and oxygen atoms in total. The molecule has 1 amide bonds. The quantitative estimate of drug-likeness (QED) is 0.584. The number of hydrogen-bond acceptors (Lipinski definition) is 5. The lowest BCUT2D eigenvalue weighted by Gasteiger charge is -2.34. The van der Waals surface area contributed by atoms with Crippen molar-refractivity contribution in [3.05, 3.63) is 53.0 Å². The van der Waals surface area contributed by atoms with Gasteiger partial charge < -0.3 is 14.4 Å². The summed E-state index contributed by atoms with van der Waals surface area (Å²) in [6.07, 6.45) is 3.92. The van der Waals surface area contributed by atoms with Crippen molar-refractivity contribution in [2.75, 3.05) is 13.2 Å². The Hall–Kier alpha value is -2.60. The van der Waals surface area contributed by atoms with Crippen molar-refractivity contribution in [1.82, 2.24) is 9.88 Å². The molecule has 0 saturated carbocycles. The van der Waals surface area contributed by atoms with Crippen LogP contribution in [0.3, 0.4) is 0 Å². The van der Waals surface area contributed by atoms with E-state index in [0.717, 1.165) is 54.1 Å². The molecule has 0 spiro atoms. The zero-order valence-corrected chi connectivity index (χ0v) is 18.2. The molecular weight excluding hydrogens is 396 g/mol. The molecule has 1 aromatic heterocycles. The first-order valence-electron chi connectivity index (χ1n) is 10.6. The molecule has 1 fully saturated rings. The van der Waals surface area contributed by atoms with Crippen molar-refractivity contribution in [2.24, 2.45) is 0 Å². The smallest absolute Gasteiger partial charge is 0.261 e. The number of piperidine rings is 1. The van der Waals surface area contributed by atoms with Gasteiger partial charge in [-0.1, -0.05) is 24.3 Å². The van der Waals surface area contributed by atoms with Crippen LogP contribution in [0.5, 0.6) is 11.5 Å². The highest BCUT2D eigenvalue weighted by Crippen LogP contribution is 2.42. The molecular formula is C24H26N2O3S. The topological polar surface area (TPSA) is 51.7 Å². The molecule has 0 aliphatic carbocycles. The Kier molecular flexibility index (Phi) is 4.89. The lowest BCUT2D eigenvalue weighted by atomic mass is 10.0. The number of likely N-dealkylation sites (tertiary alicyclic amines) is 1. The SMILES string of the molecule is CC1(C)Cc2cccc(OCC(=O)N3CCCC[C@@H]3c3nc4ccccc4s3)c2O1.